The quantitative estimate of drug-likeness (QED) is 0.299. The van der Waals surface area contributed by atoms with Crippen molar-refractivity contribution in [1.29, 1.82) is 0 Å². The summed E-state index contributed by atoms with van der Waals surface area (Å²) in [6.07, 6.45) is -4.50. The number of amides is 2. The third kappa shape index (κ3) is 5.60. The minimum absolute atomic E-state index is 0.0239. The molecule has 0 aliphatic rings. The van der Waals surface area contributed by atoms with E-state index in [0.29, 0.717) is 34.4 Å². The molecule has 4 rings (SSSR count). The van der Waals surface area contributed by atoms with Crippen LogP contribution in [0, 0.1) is 6.92 Å². The molecule has 0 atom stereocenters. The number of methoxy groups -OCH3 is 2. The third-order valence-corrected chi connectivity index (χ3v) is 5.25. The minimum atomic E-state index is -4.50. The Labute approximate surface area is 204 Å². The summed E-state index contributed by atoms with van der Waals surface area (Å²) in [5.74, 6) is 2.19. The lowest BCUT2D eigenvalue weighted by molar-refractivity contribution is -0.137. The van der Waals surface area contributed by atoms with Crippen LogP contribution in [0.15, 0.2) is 66.7 Å². The first-order valence-electron chi connectivity index (χ1n) is 10.7. The maximum atomic E-state index is 12.9. The van der Waals surface area contributed by atoms with Gasteiger partial charge in [0.2, 0.25) is 0 Å². The summed E-state index contributed by atoms with van der Waals surface area (Å²) in [5.41, 5.74) is 0.992. The lowest BCUT2D eigenvalue weighted by Gasteiger charge is -2.13. The van der Waals surface area contributed by atoms with Crippen LogP contribution in [0.2, 0.25) is 0 Å². The first-order valence-corrected chi connectivity index (χ1v) is 10.7. The van der Waals surface area contributed by atoms with Gasteiger partial charge in [0.15, 0.2) is 11.5 Å². The van der Waals surface area contributed by atoms with Crippen LogP contribution in [-0.2, 0) is 6.18 Å². The molecule has 2 N–H and O–H groups in total. The summed E-state index contributed by atoms with van der Waals surface area (Å²) in [6, 6.07) is 15.7. The highest BCUT2D eigenvalue weighted by molar-refractivity contribution is 5.99. The van der Waals surface area contributed by atoms with Crippen molar-refractivity contribution in [2.45, 2.75) is 13.1 Å². The standard InChI is InChI=1S/C26H22F3N3O4/c1-15-22(11-16-12-23(34-2)24(35-3)14-21(16)30-15)36-20-9-7-18(8-10-20)31-25(33)32-19-6-4-5-17(13-19)26(27,28)29/h4-14H,1-3H3,(H2,31,32,33). The fraction of sp³-hybridized carbons (Fsp3) is 0.154. The number of rotatable bonds is 6. The second-order valence-electron chi connectivity index (χ2n) is 7.76. The zero-order valence-electron chi connectivity index (χ0n) is 19.6. The molecule has 0 radical (unpaired) electrons. The van der Waals surface area contributed by atoms with Crippen LogP contribution in [0.25, 0.3) is 10.9 Å². The Bertz CT molecular complexity index is 1410. The number of halogens is 3. The van der Waals surface area contributed by atoms with Gasteiger partial charge in [0.05, 0.1) is 31.0 Å². The normalized spacial score (nSPS) is 11.2. The molecule has 186 valence electrons. The number of benzene rings is 3. The van der Waals surface area contributed by atoms with Gasteiger partial charge in [-0.25, -0.2) is 9.78 Å². The van der Waals surface area contributed by atoms with Crippen LogP contribution in [-0.4, -0.2) is 25.2 Å². The fourth-order valence-electron chi connectivity index (χ4n) is 3.48. The van der Waals surface area contributed by atoms with Gasteiger partial charge in [-0.2, -0.15) is 13.2 Å². The van der Waals surface area contributed by atoms with Crippen LogP contribution in [0.1, 0.15) is 11.3 Å². The number of aromatic nitrogens is 1. The molecule has 0 fully saturated rings. The summed E-state index contributed by atoms with van der Waals surface area (Å²) in [4.78, 5) is 16.8. The van der Waals surface area contributed by atoms with Crippen molar-refractivity contribution in [1.82, 2.24) is 4.98 Å². The van der Waals surface area contributed by atoms with Gasteiger partial charge in [0, 0.05) is 22.8 Å². The first kappa shape index (κ1) is 24.6. The van der Waals surface area contributed by atoms with E-state index in [-0.39, 0.29) is 5.69 Å². The largest absolute Gasteiger partial charge is 0.493 e. The molecule has 0 spiro atoms. The number of fused-ring (bicyclic) bond motifs is 1. The maximum absolute atomic E-state index is 12.9. The number of nitrogens with zero attached hydrogens (tertiary/aromatic N) is 1. The smallest absolute Gasteiger partial charge is 0.416 e. The number of aryl methyl sites for hydroxylation is 1. The number of hydrogen-bond donors (Lipinski definition) is 2. The predicted molar refractivity (Wildman–Crippen MR) is 130 cm³/mol. The van der Waals surface area contributed by atoms with Crippen LogP contribution < -0.4 is 24.8 Å². The third-order valence-electron chi connectivity index (χ3n) is 5.25. The van der Waals surface area contributed by atoms with Crippen LogP contribution in [0.5, 0.6) is 23.0 Å². The zero-order chi connectivity index (χ0) is 25.9. The van der Waals surface area contributed by atoms with Crippen LogP contribution in [0.4, 0.5) is 29.3 Å². The summed E-state index contributed by atoms with van der Waals surface area (Å²) in [6.45, 7) is 1.82. The number of alkyl halides is 3. The first-order chi connectivity index (χ1) is 17.2. The Balaban J connectivity index is 1.44. The molecule has 4 aromatic rings. The van der Waals surface area contributed by atoms with Gasteiger partial charge in [-0.05, 0) is 61.5 Å². The average molecular weight is 497 g/mol. The van der Waals surface area contributed by atoms with Crippen molar-refractivity contribution >= 4 is 28.3 Å². The number of ether oxygens (including phenoxy) is 3. The Kier molecular flexibility index (Phi) is 6.86. The Morgan fingerprint density at radius 1 is 0.833 bits per heavy atom. The molecular formula is C26H22F3N3O4. The van der Waals surface area contributed by atoms with E-state index in [1.165, 1.54) is 12.1 Å². The molecule has 0 saturated carbocycles. The van der Waals surface area contributed by atoms with E-state index in [2.05, 4.69) is 15.6 Å². The molecule has 10 heteroatoms. The molecule has 0 saturated heterocycles. The zero-order valence-corrected chi connectivity index (χ0v) is 19.6. The van der Waals surface area contributed by atoms with E-state index in [1.54, 1.807) is 44.6 Å². The van der Waals surface area contributed by atoms with Gasteiger partial charge in [0.1, 0.15) is 11.5 Å². The monoisotopic (exact) mass is 497 g/mol. The lowest BCUT2D eigenvalue weighted by atomic mass is 10.1. The fourth-order valence-corrected chi connectivity index (χ4v) is 3.48. The van der Waals surface area contributed by atoms with Crippen molar-refractivity contribution in [3.63, 3.8) is 0 Å². The Morgan fingerprint density at radius 2 is 1.47 bits per heavy atom. The molecule has 2 amide bonds. The van der Waals surface area contributed by atoms with Crippen molar-refractivity contribution < 1.29 is 32.2 Å². The molecule has 7 nitrogen and oxygen atoms in total. The molecule has 0 aliphatic heterocycles. The Hall–Kier alpha value is -4.47. The van der Waals surface area contributed by atoms with Crippen LogP contribution >= 0.6 is 0 Å². The maximum Gasteiger partial charge on any atom is 0.416 e. The number of nitrogens with one attached hydrogen (secondary N) is 2. The van der Waals surface area contributed by atoms with Crippen molar-refractivity contribution in [3.8, 4) is 23.0 Å². The molecule has 0 aliphatic carbocycles. The SMILES string of the molecule is COc1cc2cc(Oc3ccc(NC(=O)Nc4cccc(C(F)(F)F)c4)cc3)c(C)nc2cc1OC. The highest BCUT2D eigenvalue weighted by atomic mass is 19.4. The van der Waals surface area contributed by atoms with Gasteiger partial charge in [-0.1, -0.05) is 6.07 Å². The van der Waals surface area contributed by atoms with Gasteiger partial charge in [-0.15, -0.1) is 0 Å². The van der Waals surface area contributed by atoms with Gasteiger partial charge < -0.3 is 24.8 Å². The second kappa shape index (κ2) is 10.0. The molecule has 36 heavy (non-hydrogen) atoms. The van der Waals surface area contributed by atoms with E-state index in [0.717, 1.165) is 23.0 Å². The van der Waals surface area contributed by atoms with E-state index < -0.39 is 17.8 Å². The summed E-state index contributed by atoms with van der Waals surface area (Å²) < 4.78 is 55.2. The summed E-state index contributed by atoms with van der Waals surface area (Å²) in [5, 5.41) is 5.77. The molecule has 3 aromatic carbocycles. The highest BCUT2D eigenvalue weighted by Gasteiger charge is 2.30. The Morgan fingerprint density at radius 3 is 2.14 bits per heavy atom. The van der Waals surface area contributed by atoms with Gasteiger partial charge in [-0.3, -0.25) is 0 Å². The number of urea groups is 1. The van der Waals surface area contributed by atoms with E-state index >= 15 is 0 Å². The number of hydrogen-bond acceptors (Lipinski definition) is 5. The number of carbonyl (C=O) groups is 1. The van der Waals surface area contributed by atoms with Crippen molar-refractivity contribution in [3.05, 3.63) is 78.0 Å². The molecule has 1 heterocycles. The summed E-state index contributed by atoms with van der Waals surface area (Å²) in [7, 11) is 3.11. The highest BCUT2D eigenvalue weighted by Crippen LogP contribution is 2.35. The average Bonchev–Trinajstić information content (AvgIpc) is 2.84. The molecular weight excluding hydrogens is 475 g/mol. The van der Waals surface area contributed by atoms with Crippen molar-refractivity contribution in [2.24, 2.45) is 0 Å². The second-order valence-corrected chi connectivity index (χ2v) is 7.76. The van der Waals surface area contributed by atoms with Crippen molar-refractivity contribution in [2.75, 3.05) is 24.9 Å². The minimum Gasteiger partial charge on any atom is -0.493 e. The molecule has 0 bridgehead atoms. The molecule has 1 aromatic heterocycles. The number of anilines is 2. The number of pyridine rings is 1. The van der Waals surface area contributed by atoms with E-state index in [9.17, 15) is 18.0 Å². The topological polar surface area (TPSA) is 81.7 Å². The number of carbonyl (C=O) groups excluding carboxylic acids is 1. The predicted octanol–water partition coefficient (Wildman–Crippen LogP) is 7.02. The molecule has 0 unspecified atom stereocenters. The van der Waals surface area contributed by atoms with Gasteiger partial charge in [0.25, 0.3) is 0 Å². The summed E-state index contributed by atoms with van der Waals surface area (Å²) >= 11 is 0. The van der Waals surface area contributed by atoms with Gasteiger partial charge >= 0.3 is 12.2 Å². The van der Waals surface area contributed by atoms with E-state index in [4.69, 9.17) is 14.2 Å². The van der Waals surface area contributed by atoms with E-state index in [1.807, 2.05) is 19.1 Å². The van der Waals surface area contributed by atoms with Crippen LogP contribution in [0.3, 0.4) is 0 Å². The lowest BCUT2D eigenvalue weighted by Crippen LogP contribution is -2.19.